The van der Waals surface area contributed by atoms with E-state index < -0.39 is 0 Å². The molecule has 2 rings (SSSR count). The lowest BCUT2D eigenvalue weighted by molar-refractivity contribution is 0.0827. The number of benzene rings is 2. The second kappa shape index (κ2) is 6.13. The number of nitrogens with one attached hydrogen (secondary N) is 1. The van der Waals surface area contributed by atoms with Crippen molar-refractivity contribution in [1.82, 2.24) is 4.90 Å². The fourth-order valence-electron chi connectivity index (χ4n) is 1.79. The first-order valence-electron chi connectivity index (χ1n) is 6.11. The average Bonchev–Trinajstić information content (AvgIpc) is 2.40. The zero-order valence-corrected chi connectivity index (χ0v) is 13.5. The Balaban J connectivity index is 2.24. The second-order valence-corrected chi connectivity index (χ2v) is 5.88. The summed E-state index contributed by atoms with van der Waals surface area (Å²) in [5.74, 6) is -0.0579. The largest absolute Gasteiger partial charge is 0.397 e. The Hall–Kier alpha value is -1.76. The van der Waals surface area contributed by atoms with E-state index in [4.69, 9.17) is 5.73 Å². The molecule has 0 heterocycles. The molecule has 1 amide bonds. The van der Waals surface area contributed by atoms with Crippen molar-refractivity contribution in [1.29, 1.82) is 0 Å². The van der Waals surface area contributed by atoms with Gasteiger partial charge in [0.25, 0.3) is 5.91 Å². The van der Waals surface area contributed by atoms with E-state index in [1.165, 1.54) is 4.90 Å². The molecule has 0 aliphatic heterocycles. The van der Waals surface area contributed by atoms with Crippen LogP contribution in [0.25, 0.3) is 0 Å². The Labute approximate surface area is 132 Å². The third-order valence-corrected chi connectivity index (χ3v) is 3.48. The summed E-state index contributed by atoms with van der Waals surface area (Å²) in [5, 5.41) is 3.25. The number of carbonyl (C=O) groups is 1. The Morgan fingerprint density at radius 1 is 1.20 bits per heavy atom. The smallest absolute Gasteiger partial charge is 0.253 e. The molecule has 0 spiro atoms. The predicted octanol–water partition coefficient (Wildman–Crippen LogP) is 3.32. The van der Waals surface area contributed by atoms with Gasteiger partial charge in [-0.05, 0) is 59.0 Å². The normalized spacial score (nSPS) is 10.2. The van der Waals surface area contributed by atoms with Crippen LogP contribution < -0.4 is 11.1 Å². The van der Waals surface area contributed by atoms with Crippen molar-refractivity contribution in [2.75, 3.05) is 25.1 Å². The maximum atomic E-state index is 11.9. The molecule has 0 aliphatic rings. The molecular formula is C15H16IN3O. The molecule has 0 aromatic heterocycles. The lowest BCUT2D eigenvalue weighted by atomic mass is 10.1. The zero-order valence-electron chi connectivity index (χ0n) is 11.4. The van der Waals surface area contributed by atoms with Gasteiger partial charge in [0, 0.05) is 28.9 Å². The van der Waals surface area contributed by atoms with Crippen LogP contribution >= 0.6 is 22.6 Å². The summed E-state index contributed by atoms with van der Waals surface area (Å²) in [5.41, 5.74) is 8.91. The van der Waals surface area contributed by atoms with Gasteiger partial charge in [-0.3, -0.25) is 4.79 Å². The molecule has 0 fully saturated rings. The summed E-state index contributed by atoms with van der Waals surface area (Å²) in [6, 6.07) is 13.3. The summed E-state index contributed by atoms with van der Waals surface area (Å²) >= 11 is 2.26. The molecule has 0 aliphatic carbocycles. The monoisotopic (exact) mass is 381 g/mol. The van der Waals surface area contributed by atoms with Crippen molar-refractivity contribution in [2.24, 2.45) is 0 Å². The van der Waals surface area contributed by atoms with E-state index >= 15 is 0 Å². The molecule has 0 atom stereocenters. The second-order valence-electron chi connectivity index (χ2n) is 4.64. The topological polar surface area (TPSA) is 58.4 Å². The Morgan fingerprint density at radius 3 is 2.55 bits per heavy atom. The minimum atomic E-state index is -0.0579. The van der Waals surface area contributed by atoms with Crippen LogP contribution in [0.1, 0.15) is 10.4 Å². The third kappa shape index (κ3) is 3.41. The minimum absolute atomic E-state index is 0.0579. The molecule has 3 N–H and O–H groups in total. The first kappa shape index (κ1) is 14.6. The van der Waals surface area contributed by atoms with Gasteiger partial charge in [-0.2, -0.15) is 0 Å². The predicted molar refractivity (Wildman–Crippen MR) is 91.3 cm³/mol. The molecule has 0 radical (unpaired) electrons. The van der Waals surface area contributed by atoms with Gasteiger partial charge in [-0.25, -0.2) is 0 Å². The highest BCUT2D eigenvalue weighted by atomic mass is 127. The minimum Gasteiger partial charge on any atom is -0.397 e. The number of nitrogens with two attached hydrogens (primary N) is 1. The highest BCUT2D eigenvalue weighted by Crippen LogP contribution is 2.25. The molecule has 4 nitrogen and oxygen atoms in total. The van der Waals surface area contributed by atoms with Crippen LogP contribution in [-0.2, 0) is 0 Å². The fraction of sp³-hybridized carbons (Fsp3) is 0.133. The Bertz CT molecular complexity index is 641. The van der Waals surface area contributed by atoms with Crippen molar-refractivity contribution >= 4 is 45.6 Å². The standard InChI is InChI=1S/C15H16IN3O/c1-19(2)15(20)10-6-7-14(13(17)8-10)18-12-5-3-4-11(16)9-12/h3-9,18H,17H2,1-2H3. The highest BCUT2D eigenvalue weighted by Gasteiger charge is 2.10. The summed E-state index contributed by atoms with van der Waals surface area (Å²) in [7, 11) is 3.44. The van der Waals surface area contributed by atoms with Crippen molar-refractivity contribution in [3.05, 3.63) is 51.6 Å². The fourth-order valence-corrected chi connectivity index (χ4v) is 2.33. The quantitative estimate of drug-likeness (QED) is 0.634. The molecule has 0 unspecified atom stereocenters. The van der Waals surface area contributed by atoms with Crippen LogP contribution in [0.3, 0.4) is 0 Å². The molecule has 2 aromatic carbocycles. The van der Waals surface area contributed by atoms with Gasteiger partial charge >= 0.3 is 0 Å². The van der Waals surface area contributed by atoms with E-state index in [1.54, 1.807) is 26.2 Å². The Kier molecular flexibility index (Phi) is 4.49. The number of nitrogen functional groups attached to an aromatic ring is 1. The van der Waals surface area contributed by atoms with Gasteiger partial charge in [0.2, 0.25) is 0 Å². The summed E-state index contributed by atoms with van der Waals surface area (Å²) < 4.78 is 1.14. The van der Waals surface area contributed by atoms with Crippen LogP contribution in [0.15, 0.2) is 42.5 Å². The van der Waals surface area contributed by atoms with E-state index in [-0.39, 0.29) is 5.91 Å². The molecule has 104 valence electrons. The zero-order chi connectivity index (χ0) is 14.7. The molecule has 0 saturated heterocycles. The van der Waals surface area contributed by atoms with Gasteiger partial charge in [0.05, 0.1) is 11.4 Å². The number of amides is 1. The molecule has 0 bridgehead atoms. The molecule has 5 heteroatoms. The first-order chi connectivity index (χ1) is 9.47. The molecule has 0 saturated carbocycles. The van der Waals surface area contributed by atoms with E-state index in [9.17, 15) is 4.79 Å². The van der Waals surface area contributed by atoms with Crippen LogP contribution in [0, 0.1) is 3.57 Å². The van der Waals surface area contributed by atoms with E-state index in [0.29, 0.717) is 11.3 Å². The van der Waals surface area contributed by atoms with Crippen LogP contribution in [0.2, 0.25) is 0 Å². The number of hydrogen-bond donors (Lipinski definition) is 2. The summed E-state index contributed by atoms with van der Waals surface area (Å²) in [6.07, 6.45) is 0. The Morgan fingerprint density at radius 2 is 1.95 bits per heavy atom. The summed E-state index contributed by atoms with van der Waals surface area (Å²) in [6.45, 7) is 0. The van der Waals surface area contributed by atoms with Crippen molar-refractivity contribution in [3.8, 4) is 0 Å². The van der Waals surface area contributed by atoms with Gasteiger partial charge < -0.3 is 16.0 Å². The number of nitrogens with zero attached hydrogens (tertiary/aromatic N) is 1. The van der Waals surface area contributed by atoms with Crippen LogP contribution in [0.4, 0.5) is 17.1 Å². The molecule has 20 heavy (non-hydrogen) atoms. The van der Waals surface area contributed by atoms with Gasteiger partial charge in [-0.15, -0.1) is 0 Å². The van der Waals surface area contributed by atoms with Gasteiger partial charge in [0.1, 0.15) is 0 Å². The molecule has 2 aromatic rings. The maximum Gasteiger partial charge on any atom is 0.253 e. The number of anilines is 3. The lowest BCUT2D eigenvalue weighted by Gasteiger charge is -2.13. The number of hydrogen-bond acceptors (Lipinski definition) is 3. The van der Waals surface area contributed by atoms with Crippen LogP contribution in [-0.4, -0.2) is 24.9 Å². The average molecular weight is 381 g/mol. The lowest BCUT2D eigenvalue weighted by Crippen LogP contribution is -2.21. The van der Waals surface area contributed by atoms with E-state index in [1.807, 2.05) is 30.3 Å². The SMILES string of the molecule is CN(C)C(=O)c1ccc(Nc2cccc(I)c2)c(N)c1. The molecular weight excluding hydrogens is 365 g/mol. The van der Waals surface area contributed by atoms with Gasteiger partial charge in [0.15, 0.2) is 0 Å². The first-order valence-corrected chi connectivity index (χ1v) is 7.19. The van der Waals surface area contributed by atoms with E-state index in [0.717, 1.165) is 14.9 Å². The highest BCUT2D eigenvalue weighted by molar-refractivity contribution is 14.1. The maximum absolute atomic E-state index is 11.9. The number of rotatable bonds is 3. The van der Waals surface area contributed by atoms with Gasteiger partial charge in [-0.1, -0.05) is 6.07 Å². The van der Waals surface area contributed by atoms with Crippen LogP contribution in [0.5, 0.6) is 0 Å². The van der Waals surface area contributed by atoms with Crippen molar-refractivity contribution in [2.45, 2.75) is 0 Å². The number of halogens is 1. The van der Waals surface area contributed by atoms with Crippen molar-refractivity contribution < 1.29 is 4.79 Å². The third-order valence-electron chi connectivity index (χ3n) is 2.81. The number of carbonyl (C=O) groups excluding carboxylic acids is 1. The van der Waals surface area contributed by atoms with E-state index in [2.05, 4.69) is 27.9 Å². The van der Waals surface area contributed by atoms with Crippen molar-refractivity contribution in [3.63, 3.8) is 0 Å². The summed E-state index contributed by atoms with van der Waals surface area (Å²) in [4.78, 5) is 13.4.